The number of nitro benzene ring substituents is 1. The molecule has 1 aromatic heterocycles. The lowest BCUT2D eigenvalue weighted by molar-refractivity contribution is -0.384. The van der Waals surface area contributed by atoms with Gasteiger partial charge in [-0.3, -0.25) is 15.1 Å². The third-order valence-electron chi connectivity index (χ3n) is 5.56. The second kappa shape index (κ2) is 12.2. The van der Waals surface area contributed by atoms with E-state index in [1.165, 1.54) is 54.9 Å². The minimum Gasteiger partial charge on any atom is -0.489 e. The summed E-state index contributed by atoms with van der Waals surface area (Å²) in [6, 6.07) is 8.99. The maximum absolute atomic E-state index is 13.0. The summed E-state index contributed by atoms with van der Waals surface area (Å²) in [6.07, 6.45) is 2.50. The Balaban J connectivity index is 1.61. The van der Waals surface area contributed by atoms with Gasteiger partial charge in [0.1, 0.15) is 11.9 Å². The van der Waals surface area contributed by atoms with Gasteiger partial charge in [-0.25, -0.2) is 4.79 Å². The van der Waals surface area contributed by atoms with Gasteiger partial charge in [0.2, 0.25) is 0 Å². The molecule has 9 nitrogen and oxygen atoms in total. The van der Waals surface area contributed by atoms with Crippen molar-refractivity contribution in [3.63, 3.8) is 0 Å². The van der Waals surface area contributed by atoms with Crippen molar-refractivity contribution in [2.45, 2.75) is 32.0 Å². The summed E-state index contributed by atoms with van der Waals surface area (Å²) in [6.45, 7) is -2.75. The number of carbonyl (C=O) groups excluding carboxylic acids is 1. The van der Waals surface area contributed by atoms with Crippen LogP contribution in [0.5, 0.6) is 17.2 Å². The van der Waals surface area contributed by atoms with Crippen LogP contribution < -0.4 is 14.2 Å². The highest BCUT2D eigenvalue weighted by Gasteiger charge is 2.26. The number of alkyl halides is 2. The smallest absolute Gasteiger partial charge is 0.489 e. The Morgan fingerprint density at radius 1 is 1.08 bits per heavy atom. The molecule has 200 valence electrons. The van der Waals surface area contributed by atoms with Crippen LogP contribution in [0.4, 0.5) is 19.3 Å². The van der Waals surface area contributed by atoms with Crippen molar-refractivity contribution in [3.8, 4) is 17.2 Å². The fourth-order valence-corrected chi connectivity index (χ4v) is 3.96. The lowest BCUT2D eigenvalue weighted by atomic mass is 10.0. The van der Waals surface area contributed by atoms with E-state index < -0.39 is 23.8 Å². The number of non-ortho nitro benzene ring substituents is 1. The Kier molecular flexibility index (Phi) is 8.80. The highest BCUT2D eigenvalue weighted by Crippen LogP contribution is 2.38. The normalized spacial score (nSPS) is 13.6. The number of aromatic nitrogens is 1. The zero-order valence-corrected chi connectivity index (χ0v) is 21.0. The molecule has 4 rings (SSSR count). The summed E-state index contributed by atoms with van der Waals surface area (Å²) in [5.41, 5.74) is 0.599. The summed E-state index contributed by atoms with van der Waals surface area (Å²) < 4.78 is 47.0. The first kappa shape index (κ1) is 27.3. The van der Waals surface area contributed by atoms with Gasteiger partial charge in [0.15, 0.2) is 11.5 Å². The van der Waals surface area contributed by atoms with Crippen LogP contribution in [0, 0.1) is 16.0 Å². The molecule has 1 aliphatic rings. The SMILES string of the molecule is O=C(Oc1ccc([N+](=O)[O-])cc1)O[C@@H](Cc1c(Cl)cncc1Cl)c1ccc(OC(F)F)c(OCC2CC2)c1. The van der Waals surface area contributed by atoms with Crippen LogP contribution in [0.3, 0.4) is 0 Å². The van der Waals surface area contributed by atoms with Crippen molar-refractivity contribution in [1.29, 1.82) is 0 Å². The number of ether oxygens (including phenoxy) is 4. The highest BCUT2D eigenvalue weighted by atomic mass is 35.5. The molecule has 2 aromatic carbocycles. The first-order chi connectivity index (χ1) is 18.2. The zero-order chi connectivity index (χ0) is 27.2. The van der Waals surface area contributed by atoms with Gasteiger partial charge in [-0.1, -0.05) is 29.3 Å². The van der Waals surface area contributed by atoms with Crippen LogP contribution in [0.2, 0.25) is 10.0 Å². The van der Waals surface area contributed by atoms with Crippen molar-refractivity contribution in [3.05, 3.63) is 86.1 Å². The van der Waals surface area contributed by atoms with Crippen LogP contribution in [-0.4, -0.2) is 29.3 Å². The van der Waals surface area contributed by atoms with Crippen molar-refractivity contribution in [2.24, 2.45) is 5.92 Å². The number of nitro groups is 1. The molecule has 0 amide bonds. The van der Waals surface area contributed by atoms with Gasteiger partial charge in [0.25, 0.3) is 5.69 Å². The molecule has 1 saturated carbocycles. The van der Waals surface area contributed by atoms with Gasteiger partial charge in [-0.05, 0) is 54.2 Å². The standard InChI is InChI=1S/C25H20Cl2F2N2O7/c26-19-11-30-12-20(27)18(19)10-22(38-25(32)36-17-6-4-16(5-7-17)31(33)34)15-3-8-21(37-24(28)29)23(9-15)35-13-14-1-2-14/h3-9,11-12,14,22,24H,1-2,10,13H2/t22-/m0/s1. The molecule has 1 heterocycles. The minimum atomic E-state index is -3.07. The molecule has 0 N–H and O–H groups in total. The Bertz CT molecular complexity index is 1290. The number of rotatable bonds is 11. The molecule has 3 aromatic rings. The minimum absolute atomic E-state index is 0.00784. The molecule has 13 heteroatoms. The first-order valence-corrected chi connectivity index (χ1v) is 12.1. The summed E-state index contributed by atoms with van der Waals surface area (Å²) in [5, 5.41) is 11.3. The van der Waals surface area contributed by atoms with Crippen LogP contribution in [-0.2, 0) is 11.2 Å². The maximum atomic E-state index is 13.0. The van der Waals surface area contributed by atoms with Gasteiger partial charge in [-0.15, -0.1) is 0 Å². The van der Waals surface area contributed by atoms with Crippen molar-refractivity contribution in [2.75, 3.05) is 6.61 Å². The molecule has 1 fully saturated rings. The Labute approximate surface area is 225 Å². The Morgan fingerprint density at radius 2 is 1.76 bits per heavy atom. The highest BCUT2D eigenvalue weighted by molar-refractivity contribution is 6.35. The third kappa shape index (κ3) is 7.42. The van der Waals surface area contributed by atoms with E-state index in [1.54, 1.807) is 0 Å². The van der Waals surface area contributed by atoms with Crippen molar-refractivity contribution in [1.82, 2.24) is 4.98 Å². The van der Waals surface area contributed by atoms with E-state index >= 15 is 0 Å². The molecule has 1 atom stereocenters. The van der Waals surface area contributed by atoms with E-state index in [4.69, 9.17) is 37.4 Å². The fraction of sp³-hybridized carbons (Fsp3) is 0.280. The first-order valence-electron chi connectivity index (χ1n) is 11.3. The summed E-state index contributed by atoms with van der Waals surface area (Å²) in [4.78, 5) is 26.8. The predicted molar refractivity (Wildman–Crippen MR) is 132 cm³/mol. The van der Waals surface area contributed by atoms with Crippen LogP contribution in [0.15, 0.2) is 54.9 Å². The number of benzene rings is 2. The Morgan fingerprint density at radius 3 is 2.37 bits per heavy atom. The fourth-order valence-electron chi connectivity index (χ4n) is 3.44. The molecule has 0 unspecified atom stereocenters. The largest absolute Gasteiger partial charge is 0.514 e. The van der Waals surface area contributed by atoms with Crippen molar-refractivity contribution < 1.29 is 37.4 Å². The number of hydrogen-bond acceptors (Lipinski definition) is 8. The maximum Gasteiger partial charge on any atom is 0.514 e. The average Bonchev–Trinajstić information content (AvgIpc) is 3.69. The molecule has 0 radical (unpaired) electrons. The van der Waals surface area contributed by atoms with E-state index in [-0.39, 0.29) is 39.4 Å². The summed E-state index contributed by atoms with van der Waals surface area (Å²) in [7, 11) is 0. The summed E-state index contributed by atoms with van der Waals surface area (Å²) >= 11 is 12.5. The number of pyridine rings is 1. The van der Waals surface area contributed by atoms with E-state index in [0.29, 0.717) is 23.7 Å². The summed E-state index contributed by atoms with van der Waals surface area (Å²) in [5.74, 6) is 0.222. The van der Waals surface area contributed by atoms with Crippen LogP contribution >= 0.6 is 23.2 Å². The van der Waals surface area contributed by atoms with Gasteiger partial charge in [-0.2, -0.15) is 8.78 Å². The number of carbonyl (C=O) groups is 1. The average molecular weight is 569 g/mol. The lowest BCUT2D eigenvalue weighted by Crippen LogP contribution is -2.18. The van der Waals surface area contributed by atoms with Gasteiger partial charge in [0, 0.05) is 30.9 Å². The van der Waals surface area contributed by atoms with E-state index in [0.717, 1.165) is 12.8 Å². The predicted octanol–water partition coefficient (Wildman–Crippen LogP) is 7.19. The zero-order valence-electron chi connectivity index (χ0n) is 19.5. The second-order valence-corrected chi connectivity index (χ2v) is 9.15. The second-order valence-electron chi connectivity index (χ2n) is 8.33. The van der Waals surface area contributed by atoms with Gasteiger partial charge < -0.3 is 18.9 Å². The van der Waals surface area contributed by atoms with Crippen LogP contribution in [0.1, 0.15) is 30.1 Å². The van der Waals surface area contributed by atoms with Gasteiger partial charge in [0.05, 0.1) is 21.6 Å². The van der Waals surface area contributed by atoms with Crippen molar-refractivity contribution >= 4 is 35.0 Å². The number of halogens is 4. The number of nitrogens with zero attached hydrogens (tertiary/aromatic N) is 2. The van der Waals surface area contributed by atoms with E-state index in [9.17, 15) is 23.7 Å². The molecule has 1 aliphatic carbocycles. The topological polar surface area (TPSA) is 110 Å². The molecular weight excluding hydrogens is 549 g/mol. The quantitative estimate of drug-likeness (QED) is 0.103. The molecular formula is C25H20Cl2F2N2O7. The number of hydrogen-bond donors (Lipinski definition) is 0. The molecule has 38 heavy (non-hydrogen) atoms. The Hall–Kier alpha value is -3.70. The lowest BCUT2D eigenvalue weighted by Gasteiger charge is -2.21. The van der Waals surface area contributed by atoms with E-state index in [2.05, 4.69) is 9.72 Å². The molecule has 0 bridgehead atoms. The van der Waals surface area contributed by atoms with Crippen LogP contribution in [0.25, 0.3) is 0 Å². The monoisotopic (exact) mass is 568 g/mol. The molecule has 0 aliphatic heterocycles. The van der Waals surface area contributed by atoms with Gasteiger partial charge >= 0.3 is 12.8 Å². The third-order valence-corrected chi connectivity index (χ3v) is 6.21. The van der Waals surface area contributed by atoms with E-state index in [1.807, 2.05) is 0 Å². The molecule has 0 spiro atoms. The molecule has 0 saturated heterocycles.